The molecule has 0 bridgehead atoms. The molecule has 0 aliphatic heterocycles. The molecule has 0 saturated heterocycles. The third-order valence-corrected chi connectivity index (χ3v) is 3.36. The predicted octanol–water partition coefficient (Wildman–Crippen LogP) is 4.57. The summed E-state index contributed by atoms with van der Waals surface area (Å²) in [6.07, 6.45) is 0. The maximum absolute atomic E-state index is 5.88. The fraction of sp³-hybridized carbons (Fsp3) is 0.389. The highest BCUT2D eigenvalue weighted by Crippen LogP contribution is 2.27. The molecule has 0 spiro atoms. The second-order valence-electron chi connectivity index (χ2n) is 6.29. The van der Waals surface area contributed by atoms with Crippen LogP contribution < -0.4 is 4.74 Å². The van der Waals surface area contributed by atoms with Gasteiger partial charge in [-0.3, -0.25) is 4.98 Å². The van der Waals surface area contributed by atoms with Gasteiger partial charge in [-0.15, -0.1) is 0 Å². The number of hydrogen-bond donors (Lipinski definition) is 0. The van der Waals surface area contributed by atoms with Crippen LogP contribution in [0.2, 0.25) is 0 Å². The van der Waals surface area contributed by atoms with Crippen LogP contribution in [-0.2, 0) is 12.0 Å². The van der Waals surface area contributed by atoms with E-state index in [9.17, 15) is 0 Å². The molecule has 0 aliphatic carbocycles. The molecular weight excluding hydrogens is 246 g/mol. The van der Waals surface area contributed by atoms with Crippen LogP contribution in [0.15, 0.2) is 36.4 Å². The molecule has 0 N–H and O–H groups in total. The van der Waals surface area contributed by atoms with Crippen LogP contribution in [0.4, 0.5) is 0 Å². The van der Waals surface area contributed by atoms with Crippen LogP contribution in [0.25, 0.3) is 0 Å². The summed E-state index contributed by atoms with van der Waals surface area (Å²) in [5.74, 6) is 0.932. The van der Waals surface area contributed by atoms with Crippen molar-refractivity contribution >= 4 is 0 Å². The van der Waals surface area contributed by atoms with E-state index in [1.54, 1.807) is 0 Å². The van der Waals surface area contributed by atoms with E-state index in [0.717, 1.165) is 17.1 Å². The first-order valence-corrected chi connectivity index (χ1v) is 7.03. The second kappa shape index (κ2) is 5.66. The molecule has 2 nitrogen and oxygen atoms in total. The Hall–Kier alpha value is -1.83. The van der Waals surface area contributed by atoms with E-state index in [4.69, 9.17) is 4.74 Å². The van der Waals surface area contributed by atoms with Crippen LogP contribution in [0.1, 0.15) is 43.3 Å². The molecule has 0 radical (unpaired) electrons. The quantitative estimate of drug-likeness (QED) is 0.814. The van der Waals surface area contributed by atoms with Gasteiger partial charge in [0.25, 0.3) is 0 Å². The van der Waals surface area contributed by atoms with Crippen molar-refractivity contribution in [2.45, 2.75) is 46.6 Å². The van der Waals surface area contributed by atoms with E-state index in [2.05, 4.69) is 50.9 Å². The lowest BCUT2D eigenvalue weighted by molar-refractivity contribution is 0.299. The molecule has 1 aromatic carbocycles. The van der Waals surface area contributed by atoms with Crippen molar-refractivity contribution in [2.75, 3.05) is 0 Å². The lowest BCUT2D eigenvalue weighted by atomic mass is 9.86. The number of pyridine rings is 1. The highest BCUT2D eigenvalue weighted by atomic mass is 16.5. The van der Waals surface area contributed by atoms with E-state index in [-0.39, 0.29) is 5.41 Å². The van der Waals surface area contributed by atoms with Gasteiger partial charge in [0.1, 0.15) is 12.4 Å². The SMILES string of the molecule is Cc1cccc(COc2ccc(C(C)(C)C)cc2C)n1. The van der Waals surface area contributed by atoms with Crippen molar-refractivity contribution in [1.29, 1.82) is 0 Å². The van der Waals surface area contributed by atoms with Gasteiger partial charge in [0.15, 0.2) is 0 Å². The highest BCUT2D eigenvalue weighted by molar-refractivity contribution is 5.38. The molecule has 106 valence electrons. The van der Waals surface area contributed by atoms with E-state index in [0.29, 0.717) is 6.61 Å². The largest absolute Gasteiger partial charge is 0.487 e. The van der Waals surface area contributed by atoms with E-state index in [1.165, 1.54) is 11.1 Å². The van der Waals surface area contributed by atoms with Gasteiger partial charge in [0.2, 0.25) is 0 Å². The average molecular weight is 269 g/mol. The summed E-state index contributed by atoms with van der Waals surface area (Å²) >= 11 is 0. The molecule has 2 aromatic rings. The Labute approximate surface area is 121 Å². The Balaban J connectivity index is 2.11. The summed E-state index contributed by atoms with van der Waals surface area (Å²) < 4.78 is 5.88. The Kier molecular flexibility index (Phi) is 4.12. The molecule has 0 amide bonds. The van der Waals surface area contributed by atoms with Gasteiger partial charge in [-0.25, -0.2) is 0 Å². The zero-order valence-corrected chi connectivity index (χ0v) is 13.0. The molecule has 0 unspecified atom stereocenters. The second-order valence-corrected chi connectivity index (χ2v) is 6.29. The van der Waals surface area contributed by atoms with Gasteiger partial charge < -0.3 is 4.74 Å². The topological polar surface area (TPSA) is 22.1 Å². The third-order valence-electron chi connectivity index (χ3n) is 3.36. The van der Waals surface area contributed by atoms with Crippen LogP contribution in [0, 0.1) is 13.8 Å². The molecule has 20 heavy (non-hydrogen) atoms. The molecular formula is C18H23NO. The average Bonchev–Trinajstić information content (AvgIpc) is 2.36. The normalized spacial score (nSPS) is 11.4. The molecule has 1 aromatic heterocycles. The predicted molar refractivity (Wildman–Crippen MR) is 83.2 cm³/mol. The molecule has 0 fully saturated rings. The first-order chi connectivity index (χ1) is 9.36. The third kappa shape index (κ3) is 3.60. The summed E-state index contributed by atoms with van der Waals surface area (Å²) in [6.45, 7) is 11.3. The monoisotopic (exact) mass is 269 g/mol. The number of hydrogen-bond acceptors (Lipinski definition) is 2. The number of ether oxygens (including phenoxy) is 1. The van der Waals surface area contributed by atoms with Crippen LogP contribution >= 0.6 is 0 Å². The molecule has 1 heterocycles. The van der Waals surface area contributed by atoms with Crippen LogP contribution in [-0.4, -0.2) is 4.98 Å². The van der Waals surface area contributed by atoms with E-state index < -0.39 is 0 Å². The van der Waals surface area contributed by atoms with Gasteiger partial charge in [-0.05, 0) is 48.6 Å². The Morgan fingerprint density at radius 3 is 2.40 bits per heavy atom. The smallest absolute Gasteiger partial charge is 0.130 e. The molecule has 0 atom stereocenters. The number of aromatic nitrogens is 1. The fourth-order valence-electron chi connectivity index (χ4n) is 2.11. The van der Waals surface area contributed by atoms with E-state index >= 15 is 0 Å². The number of benzene rings is 1. The zero-order valence-electron chi connectivity index (χ0n) is 13.0. The van der Waals surface area contributed by atoms with Crippen molar-refractivity contribution in [3.05, 3.63) is 58.9 Å². The minimum Gasteiger partial charge on any atom is -0.487 e. The van der Waals surface area contributed by atoms with Crippen molar-refractivity contribution in [1.82, 2.24) is 4.98 Å². The van der Waals surface area contributed by atoms with Crippen LogP contribution in [0.5, 0.6) is 5.75 Å². The summed E-state index contributed by atoms with van der Waals surface area (Å²) in [4.78, 5) is 4.45. The van der Waals surface area contributed by atoms with Gasteiger partial charge in [-0.2, -0.15) is 0 Å². The lowest BCUT2D eigenvalue weighted by Crippen LogP contribution is -2.11. The zero-order chi connectivity index (χ0) is 14.8. The maximum atomic E-state index is 5.88. The molecule has 0 saturated carbocycles. The van der Waals surface area contributed by atoms with Crippen molar-refractivity contribution in [3.8, 4) is 5.75 Å². The van der Waals surface area contributed by atoms with Crippen LogP contribution in [0.3, 0.4) is 0 Å². The van der Waals surface area contributed by atoms with Gasteiger partial charge >= 0.3 is 0 Å². The molecule has 2 rings (SSSR count). The summed E-state index contributed by atoms with van der Waals surface area (Å²) in [7, 11) is 0. The lowest BCUT2D eigenvalue weighted by Gasteiger charge is -2.20. The van der Waals surface area contributed by atoms with Crippen molar-refractivity contribution in [2.24, 2.45) is 0 Å². The van der Waals surface area contributed by atoms with Crippen molar-refractivity contribution < 1.29 is 4.74 Å². The fourth-order valence-corrected chi connectivity index (χ4v) is 2.11. The Morgan fingerprint density at radius 2 is 1.80 bits per heavy atom. The number of aryl methyl sites for hydroxylation is 2. The summed E-state index contributed by atoms with van der Waals surface area (Å²) in [5, 5.41) is 0. The first kappa shape index (κ1) is 14.6. The summed E-state index contributed by atoms with van der Waals surface area (Å²) in [6, 6.07) is 12.4. The highest BCUT2D eigenvalue weighted by Gasteiger charge is 2.14. The Bertz CT molecular complexity index is 597. The van der Waals surface area contributed by atoms with Gasteiger partial charge in [0, 0.05) is 5.69 Å². The molecule has 0 aliphatic rings. The number of rotatable bonds is 3. The van der Waals surface area contributed by atoms with Gasteiger partial charge in [-0.1, -0.05) is 39.0 Å². The van der Waals surface area contributed by atoms with E-state index in [1.807, 2.05) is 25.1 Å². The minimum atomic E-state index is 0.168. The maximum Gasteiger partial charge on any atom is 0.130 e. The number of nitrogens with zero attached hydrogens (tertiary/aromatic N) is 1. The standard InChI is InChI=1S/C18H23NO/c1-13-11-15(18(3,4)5)9-10-17(13)20-12-16-8-6-7-14(2)19-16/h6-11H,12H2,1-5H3. The Morgan fingerprint density at radius 1 is 1.05 bits per heavy atom. The minimum absolute atomic E-state index is 0.168. The summed E-state index contributed by atoms with van der Waals surface area (Å²) in [5.41, 5.74) is 4.65. The first-order valence-electron chi connectivity index (χ1n) is 7.03. The van der Waals surface area contributed by atoms with Gasteiger partial charge in [0.05, 0.1) is 5.69 Å². The molecule has 2 heteroatoms. The van der Waals surface area contributed by atoms with Crippen molar-refractivity contribution in [3.63, 3.8) is 0 Å².